The predicted molar refractivity (Wildman–Crippen MR) is 68.3 cm³/mol. The number of halogens is 3. The van der Waals surface area contributed by atoms with Crippen molar-refractivity contribution in [3.63, 3.8) is 0 Å². The first kappa shape index (κ1) is 14.8. The van der Waals surface area contributed by atoms with E-state index in [1.54, 1.807) is 0 Å². The van der Waals surface area contributed by atoms with Crippen LogP contribution in [0.2, 0.25) is 0 Å². The van der Waals surface area contributed by atoms with E-state index >= 15 is 0 Å². The van der Waals surface area contributed by atoms with Crippen molar-refractivity contribution in [2.45, 2.75) is 6.36 Å². The van der Waals surface area contributed by atoms with E-state index in [-0.39, 0.29) is 17.1 Å². The lowest BCUT2D eigenvalue weighted by atomic mass is 10.0. The highest BCUT2D eigenvalue weighted by molar-refractivity contribution is 5.90. The maximum absolute atomic E-state index is 12.1. The number of benzene rings is 1. The van der Waals surface area contributed by atoms with Crippen LogP contribution in [0.3, 0.4) is 0 Å². The van der Waals surface area contributed by atoms with Gasteiger partial charge in [0.2, 0.25) is 0 Å². The molecule has 0 bridgehead atoms. The average molecular weight is 297 g/mol. The molecule has 0 saturated heterocycles. The zero-order valence-corrected chi connectivity index (χ0v) is 10.8. The molecule has 1 heterocycles. The lowest BCUT2D eigenvalue weighted by Crippen LogP contribution is -2.16. The minimum atomic E-state index is -4.74. The molecule has 0 aliphatic rings. The van der Waals surface area contributed by atoms with Crippen LogP contribution >= 0.6 is 0 Å². The second-order valence-corrected chi connectivity index (χ2v) is 3.99. The van der Waals surface area contributed by atoms with Crippen LogP contribution < -0.4 is 9.47 Å². The summed E-state index contributed by atoms with van der Waals surface area (Å²) in [6.45, 7) is 0. The highest BCUT2D eigenvalue weighted by Crippen LogP contribution is 2.30. The smallest absolute Gasteiger partial charge is 0.494 e. The summed E-state index contributed by atoms with van der Waals surface area (Å²) in [5.41, 5.74) is 1.26. The maximum Gasteiger partial charge on any atom is 0.573 e. The SMILES string of the molecule is COc1cncc(-c2ccc(OC(F)(F)F)cc2)c1C=O. The number of rotatable bonds is 4. The zero-order valence-electron chi connectivity index (χ0n) is 10.8. The van der Waals surface area contributed by atoms with Crippen LogP contribution in [0.5, 0.6) is 11.5 Å². The van der Waals surface area contributed by atoms with Crippen LogP contribution in [-0.4, -0.2) is 24.7 Å². The molecule has 21 heavy (non-hydrogen) atoms. The number of carbonyl (C=O) groups is 1. The summed E-state index contributed by atoms with van der Waals surface area (Å²) in [7, 11) is 1.40. The average Bonchev–Trinajstić information content (AvgIpc) is 2.45. The number of methoxy groups -OCH3 is 1. The third-order valence-electron chi connectivity index (χ3n) is 2.69. The van der Waals surface area contributed by atoms with Gasteiger partial charge in [0.05, 0.1) is 18.9 Å². The first-order valence-electron chi connectivity index (χ1n) is 5.78. The van der Waals surface area contributed by atoms with Crippen molar-refractivity contribution in [1.82, 2.24) is 4.98 Å². The summed E-state index contributed by atoms with van der Waals surface area (Å²) in [5, 5.41) is 0. The summed E-state index contributed by atoms with van der Waals surface area (Å²) >= 11 is 0. The van der Waals surface area contributed by atoms with Gasteiger partial charge in [-0.05, 0) is 17.7 Å². The Hall–Kier alpha value is -2.57. The van der Waals surface area contributed by atoms with Crippen molar-refractivity contribution in [2.24, 2.45) is 0 Å². The van der Waals surface area contributed by atoms with Gasteiger partial charge in [-0.15, -0.1) is 13.2 Å². The molecule has 7 heteroatoms. The van der Waals surface area contributed by atoms with Crippen molar-refractivity contribution < 1.29 is 27.4 Å². The molecule has 0 N–H and O–H groups in total. The number of hydrogen-bond acceptors (Lipinski definition) is 4. The Morgan fingerprint density at radius 3 is 2.33 bits per heavy atom. The minimum Gasteiger partial charge on any atom is -0.494 e. The molecule has 1 aromatic carbocycles. The molecular weight excluding hydrogens is 287 g/mol. The quantitative estimate of drug-likeness (QED) is 0.811. The Kier molecular flexibility index (Phi) is 4.11. The summed E-state index contributed by atoms with van der Waals surface area (Å²) in [6, 6.07) is 5.14. The zero-order chi connectivity index (χ0) is 15.5. The van der Waals surface area contributed by atoms with Crippen molar-refractivity contribution in [1.29, 1.82) is 0 Å². The molecule has 1 aromatic heterocycles. The number of aromatic nitrogens is 1. The second kappa shape index (κ2) is 5.82. The second-order valence-electron chi connectivity index (χ2n) is 3.99. The highest BCUT2D eigenvalue weighted by Gasteiger charge is 2.31. The van der Waals surface area contributed by atoms with Crippen LogP contribution in [0, 0.1) is 0 Å². The Morgan fingerprint density at radius 1 is 1.14 bits per heavy atom. The van der Waals surface area contributed by atoms with Crippen LogP contribution in [0.1, 0.15) is 10.4 Å². The summed E-state index contributed by atoms with van der Waals surface area (Å²) in [6.07, 6.45) is -1.32. The topological polar surface area (TPSA) is 48.4 Å². The van der Waals surface area contributed by atoms with Crippen molar-refractivity contribution >= 4 is 6.29 Å². The molecule has 0 atom stereocenters. The Labute approximate surface area is 118 Å². The molecule has 4 nitrogen and oxygen atoms in total. The van der Waals surface area contributed by atoms with E-state index in [0.29, 0.717) is 17.4 Å². The van der Waals surface area contributed by atoms with Gasteiger partial charge in [0.25, 0.3) is 0 Å². The lowest BCUT2D eigenvalue weighted by Gasteiger charge is -2.11. The Morgan fingerprint density at radius 2 is 1.81 bits per heavy atom. The first-order chi connectivity index (χ1) is 9.94. The van der Waals surface area contributed by atoms with Crippen LogP contribution in [0.25, 0.3) is 11.1 Å². The molecule has 0 radical (unpaired) electrons. The number of hydrogen-bond donors (Lipinski definition) is 0. The number of ether oxygens (including phenoxy) is 2. The largest absolute Gasteiger partial charge is 0.573 e. The summed E-state index contributed by atoms with van der Waals surface area (Å²) < 4.78 is 45.1. The predicted octanol–water partition coefficient (Wildman–Crippen LogP) is 3.47. The van der Waals surface area contributed by atoms with E-state index in [0.717, 1.165) is 12.1 Å². The minimum absolute atomic E-state index is 0.275. The molecule has 0 spiro atoms. The molecular formula is C14H10F3NO3. The first-order valence-corrected chi connectivity index (χ1v) is 5.78. The third kappa shape index (κ3) is 3.50. The third-order valence-corrected chi connectivity index (χ3v) is 2.69. The van der Waals surface area contributed by atoms with Gasteiger partial charge in [0.15, 0.2) is 6.29 Å². The van der Waals surface area contributed by atoms with Gasteiger partial charge in [-0.3, -0.25) is 9.78 Å². The Balaban J connectivity index is 2.37. The number of pyridine rings is 1. The highest BCUT2D eigenvalue weighted by atomic mass is 19.4. The van der Waals surface area contributed by atoms with Crippen LogP contribution in [-0.2, 0) is 0 Å². The van der Waals surface area contributed by atoms with E-state index in [2.05, 4.69) is 9.72 Å². The normalized spacial score (nSPS) is 11.0. The van der Waals surface area contributed by atoms with E-state index < -0.39 is 6.36 Å². The van der Waals surface area contributed by atoms with E-state index in [1.807, 2.05) is 0 Å². The monoisotopic (exact) mass is 297 g/mol. The van der Waals surface area contributed by atoms with Crippen molar-refractivity contribution in [3.05, 3.63) is 42.2 Å². The molecule has 0 aliphatic heterocycles. The molecule has 2 aromatic rings. The van der Waals surface area contributed by atoms with Gasteiger partial charge in [0.1, 0.15) is 11.5 Å². The van der Waals surface area contributed by atoms with Gasteiger partial charge in [-0.2, -0.15) is 0 Å². The van der Waals surface area contributed by atoms with Crippen molar-refractivity contribution in [3.8, 4) is 22.6 Å². The fourth-order valence-electron chi connectivity index (χ4n) is 1.80. The summed E-state index contributed by atoms with van der Waals surface area (Å²) in [4.78, 5) is 15.1. The van der Waals surface area contributed by atoms with Crippen LogP contribution in [0.15, 0.2) is 36.7 Å². The maximum atomic E-state index is 12.1. The number of carbonyl (C=O) groups excluding carboxylic acids is 1. The van der Waals surface area contributed by atoms with Gasteiger partial charge in [-0.1, -0.05) is 12.1 Å². The molecule has 0 fully saturated rings. The van der Waals surface area contributed by atoms with Crippen LogP contribution in [0.4, 0.5) is 13.2 Å². The van der Waals surface area contributed by atoms with Gasteiger partial charge >= 0.3 is 6.36 Å². The fourth-order valence-corrected chi connectivity index (χ4v) is 1.80. The molecule has 0 saturated carbocycles. The van der Waals surface area contributed by atoms with Gasteiger partial charge in [0, 0.05) is 11.8 Å². The van der Waals surface area contributed by atoms with Gasteiger partial charge < -0.3 is 9.47 Å². The lowest BCUT2D eigenvalue weighted by molar-refractivity contribution is -0.274. The van der Waals surface area contributed by atoms with E-state index in [1.165, 1.54) is 31.6 Å². The number of aldehydes is 1. The molecule has 0 unspecified atom stereocenters. The number of nitrogens with zero attached hydrogens (tertiary/aromatic N) is 1. The Bertz CT molecular complexity index is 639. The molecule has 2 rings (SSSR count). The van der Waals surface area contributed by atoms with Crippen molar-refractivity contribution in [2.75, 3.05) is 7.11 Å². The summed E-state index contributed by atoms with van der Waals surface area (Å²) in [5.74, 6) is -0.0483. The van der Waals surface area contributed by atoms with E-state index in [9.17, 15) is 18.0 Å². The molecule has 0 amide bonds. The molecule has 0 aliphatic carbocycles. The molecule has 110 valence electrons. The fraction of sp³-hybridized carbons (Fsp3) is 0.143. The van der Waals surface area contributed by atoms with Gasteiger partial charge in [-0.25, -0.2) is 0 Å². The number of alkyl halides is 3. The standard InChI is InChI=1S/C14H10F3NO3/c1-20-13-7-18-6-11(12(13)8-19)9-2-4-10(5-3-9)21-14(15,16)17/h2-8H,1H3. The van der Waals surface area contributed by atoms with E-state index in [4.69, 9.17) is 4.74 Å².